The predicted molar refractivity (Wildman–Crippen MR) is 120 cm³/mol. The zero-order chi connectivity index (χ0) is 19.6. The van der Waals surface area contributed by atoms with Gasteiger partial charge in [-0.2, -0.15) is 5.26 Å². The minimum absolute atomic E-state index is 0.696. The van der Waals surface area contributed by atoms with Crippen LogP contribution in [0, 0.1) is 11.3 Å². The zero-order valence-corrected chi connectivity index (χ0v) is 17.5. The molecule has 5 heteroatoms. The highest BCUT2D eigenvalue weighted by molar-refractivity contribution is 7.98. The van der Waals surface area contributed by atoms with E-state index in [1.165, 1.54) is 47.9 Å². The predicted octanol–water partition coefficient (Wildman–Crippen LogP) is 6.40. The normalized spacial score (nSPS) is 13.2. The lowest BCUT2D eigenvalue weighted by atomic mass is 9.89. The average Bonchev–Trinajstić information content (AvgIpc) is 3.22. The summed E-state index contributed by atoms with van der Waals surface area (Å²) in [5.41, 5.74) is 7.31. The van der Waals surface area contributed by atoms with Gasteiger partial charge in [0.1, 0.15) is 16.2 Å². The highest BCUT2D eigenvalue weighted by Gasteiger charge is 2.16. The van der Waals surface area contributed by atoms with Crippen LogP contribution in [-0.4, -0.2) is 9.97 Å². The topological polar surface area (TPSA) is 49.6 Å². The molecule has 0 N–H and O–H groups in total. The number of thiophene rings is 1. The summed E-state index contributed by atoms with van der Waals surface area (Å²) >= 11 is 3.39. The first-order valence-corrected chi connectivity index (χ1v) is 11.6. The molecule has 1 aliphatic carbocycles. The summed E-state index contributed by atoms with van der Waals surface area (Å²) in [4.78, 5) is 10.1. The van der Waals surface area contributed by atoms with E-state index in [0.717, 1.165) is 26.6 Å². The molecule has 0 saturated carbocycles. The van der Waals surface area contributed by atoms with Crippen molar-refractivity contribution in [2.75, 3.05) is 0 Å². The van der Waals surface area contributed by atoms with Gasteiger partial charge in [0, 0.05) is 16.7 Å². The Morgan fingerprint density at radius 1 is 1.03 bits per heavy atom. The molecule has 0 unspecified atom stereocenters. The van der Waals surface area contributed by atoms with Crippen LogP contribution in [0.4, 0.5) is 0 Å². The number of nitrogens with zero attached hydrogens (tertiary/aromatic N) is 3. The first kappa shape index (κ1) is 18.4. The Balaban J connectivity index is 1.51. The van der Waals surface area contributed by atoms with Gasteiger partial charge in [0.25, 0.3) is 0 Å². The van der Waals surface area contributed by atoms with Crippen LogP contribution in [-0.2, 0) is 18.6 Å². The van der Waals surface area contributed by atoms with E-state index in [9.17, 15) is 0 Å². The number of hydrogen-bond donors (Lipinski definition) is 0. The van der Waals surface area contributed by atoms with Gasteiger partial charge >= 0.3 is 0 Å². The quantitative estimate of drug-likeness (QED) is 0.287. The number of nitriles is 1. The maximum atomic E-state index is 9.13. The molecule has 1 aliphatic rings. The first-order valence-electron chi connectivity index (χ1n) is 9.78. The lowest BCUT2D eigenvalue weighted by Crippen LogP contribution is -2.02. The van der Waals surface area contributed by atoms with Gasteiger partial charge in [-0.3, -0.25) is 0 Å². The Morgan fingerprint density at radius 3 is 2.83 bits per heavy atom. The van der Waals surface area contributed by atoms with Crippen molar-refractivity contribution in [1.82, 2.24) is 9.97 Å². The highest BCUT2D eigenvalue weighted by atomic mass is 32.2. The molecule has 0 spiro atoms. The van der Waals surface area contributed by atoms with Crippen LogP contribution in [0.25, 0.3) is 21.3 Å². The molecule has 2 aromatic heterocycles. The maximum Gasteiger partial charge on any atom is 0.128 e. The number of aromatic nitrogens is 2. The van der Waals surface area contributed by atoms with Crippen LogP contribution < -0.4 is 0 Å². The largest absolute Gasteiger partial charge is 0.229 e. The lowest BCUT2D eigenvalue weighted by Gasteiger charge is -2.16. The van der Waals surface area contributed by atoms with Crippen molar-refractivity contribution < 1.29 is 0 Å². The van der Waals surface area contributed by atoms with Crippen LogP contribution in [0.3, 0.4) is 0 Å². The van der Waals surface area contributed by atoms with Crippen molar-refractivity contribution in [2.45, 2.75) is 36.5 Å². The smallest absolute Gasteiger partial charge is 0.128 e. The average molecular weight is 414 g/mol. The van der Waals surface area contributed by atoms with Gasteiger partial charge in [-0.25, -0.2) is 9.97 Å². The number of fused-ring (bicyclic) bond motifs is 2. The summed E-state index contributed by atoms with van der Waals surface area (Å²) in [5, 5.41) is 13.5. The third-order valence-electron chi connectivity index (χ3n) is 5.43. The molecule has 0 radical (unpaired) electrons. The Morgan fingerprint density at radius 2 is 1.93 bits per heavy atom. The molecular formula is C24H19N3S2. The third kappa shape index (κ3) is 3.66. The first-order chi connectivity index (χ1) is 14.3. The fourth-order valence-corrected chi connectivity index (χ4v) is 5.89. The minimum Gasteiger partial charge on any atom is -0.229 e. The molecule has 0 aliphatic heterocycles. The van der Waals surface area contributed by atoms with E-state index in [1.807, 2.05) is 18.2 Å². The Bertz CT molecular complexity index is 1240. The molecule has 0 atom stereocenters. The van der Waals surface area contributed by atoms with E-state index in [2.05, 4.69) is 45.7 Å². The van der Waals surface area contributed by atoms with Crippen molar-refractivity contribution in [2.24, 2.45) is 0 Å². The van der Waals surface area contributed by atoms with Gasteiger partial charge in [0.2, 0.25) is 0 Å². The SMILES string of the molecule is N#Cc1cccc(CSc2ncnc3scc(-c4ccc5c(c4)CCCC5)c23)c1. The summed E-state index contributed by atoms with van der Waals surface area (Å²) < 4.78 is 0. The molecular weight excluding hydrogens is 394 g/mol. The molecule has 29 heavy (non-hydrogen) atoms. The van der Waals surface area contributed by atoms with Crippen LogP contribution in [0.15, 0.2) is 59.2 Å². The van der Waals surface area contributed by atoms with Gasteiger partial charge < -0.3 is 0 Å². The van der Waals surface area contributed by atoms with Gasteiger partial charge in [0.15, 0.2) is 0 Å². The molecule has 0 saturated heterocycles. The van der Waals surface area contributed by atoms with Gasteiger partial charge in [-0.15, -0.1) is 23.1 Å². The molecule has 0 fully saturated rings. The Labute approximate surface area is 178 Å². The van der Waals surface area contributed by atoms with Crippen molar-refractivity contribution >= 4 is 33.3 Å². The van der Waals surface area contributed by atoms with Crippen LogP contribution in [0.2, 0.25) is 0 Å². The molecule has 3 nitrogen and oxygen atoms in total. The summed E-state index contributed by atoms with van der Waals surface area (Å²) in [6.45, 7) is 0. The summed E-state index contributed by atoms with van der Waals surface area (Å²) in [6, 6.07) is 16.9. The molecule has 0 amide bonds. The molecule has 142 valence electrons. The lowest BCUT2D eigenvalue weighted by molar-refractivity contribution is 0.686. The second kappa shape index (κ2) is 7.98. The number of thioether (sulfide) groups is 1. The van der Waals surface area contributed by atoms with E-state index in [0.29, 0.717) is 5.56 Å². The van der Waals surface area contributed by atoms with E-state index in [1.54, 1.807) is 29.4 Å². The molecule has 2 heterocycles. The van der Waals surface area contributed by atoms with Crippen LogP contribution in [0.5, 0.6) is 0 Å². The minimum atomic E-state index is 0.696. The fourth-order valence-electron chi connectivity index (χ4n) is 3.95. The molecule has 0 bridgehead atoms. The highest BCUT2D eigenvalue weighted by Crippen LogP contribution is 2.39. The maximum absolute atomic E-state index is 9.13. The van der Waals surface area contributed by atoms with Gasteiger partial charge in [-0.05, 0) is 60.1 Å². The van der Waals surface area contributed by atoms with E-state index < -0.39 is 0 Å². The Hall–Kier alpha value is -2.68. The summed E-state index contributed by atoms with van der Waals surface area (Å²) in [7, 11) is 0. The standard InChI is InChI=1S/C24H19N3S2/c25-12-16-4-3-5-17(10-16)13-28-23-22-21(14-29-24(22)27-15-26-23)20-9-8-18-6-1-2-7-19(18)11-20/h3-5,8-11,14-15H,1-2,6-7,13H2. The molecule has 4 aromatic rings. The summed E-state index contributed by atoms with van der Waals surface area (Å²) in [6.07, 6.45) is 6.62. The monoisotopic (exact) mass is 413 g/mol. The molecule has 5 rings (SSSR count). The second-order valence-electron chi connectivity index (χ2n) is 7.30. The molecule has 2 aromatic carbocycles. The van der Waals surface area contributed by atoms with Crippen LogP contribution >= 0.6 is 23.1 Å². The number of rotatable bonds is 4. The second-order valence-corrected chi connectivity index (χ2v) is 9.12. The summed E-state index contributed by atoms with van der Waals surface area (Å²) in [5.74, 6) is 0.779. The van der Waals surface area contributed by atoms with Crippen molar-refractivity contribution in [3.63, 3.8) is 0 Å². The van der Waals surface area contributed by atoms with Crippen LogP contribution in [0.1, 0.15) is 35.1 Å². The number of benzene rings is 2. The fraction of sp³-hybridized carbons (Fsp3) is 0.208. The zero-order valence-electron chi connectivity index (χ0n) is 15.9. The van der Waals surface area contributed by atoms with Gasteiger partial charge in [-0.1, -0.05) is 30.3 Å². The number of aryl methyl sites for hydroxylation is 2. The van der Waals surface area contributed by atoms with Crippen molar-refractivity contribution in [1.29, 1.82) is 5.26 Å². The third-order valence-corrected chi connectivity index (χ3v) is 7.37. The van der Waals surface area contributed by atoms with E-state index in [-0.39, 0.29) is 0 Å². The number of hydrogen-bond acceptors (Lipinski definition) is 5. The Kier molecular flexibility index (Phi) is 5.05. The van der Waals surface area contributed by atoms with E-state index >= 15 is 0 Å². The van der Waals surface area contributed by atoms with E-state index in [4.69, 9.17) is 5.26 Å². The van der Waals surface area contributed by atoms with Gasteiger partial charge in [0.05, 0.1) is 17.0 Å². The van der Waals surface area contributed by atoms with Crippen molar-refractivity contribution in [3.8, 4) is 17.2 Å². The van der Waals surface area contributed by atoms with Crippen molar-refractivity contribution in [3.05, 3.63) is 76.4 Å².